The molecule has 0 unspecified atom stereocenters. The van der Waals surface area contributed by atoms with Gasteiger partial charge in [0.15, 0.2) is 5.82 Å². The number of hydrogen-bond acceptors (Lipinski definition) is 4. The Balaban J connectivity index is 2.05. The van der Waals surface area contributed by atoms with E-state index in [1.165, 1.54) is 0 Å². The summed E-state index contributed by atoms with van der Waals surface area (Å²) in [6, 6.07) is 22.5. The van der Waals surface area contributed by atoms with Gasteiger partial charge in [0, 0.05) is 30.4 Å². The molecule has 0 saturated heterocycles. The lowest BCUT2D eigenvalue weighted by Crippen LogP contribution is -2.18. The molecule has 0 bridgehead atoms. The van der Waals surface area contributed by atoms with Gasteiger partial charge in [0.25, 0.3) is 0 Å². The van der Waals surface area contributed by atoms with E-state index in [0.29, 0.717) is 0 Å². The summed E-state index contributed by atoms with van der Waals surface area (Å²) >= 11 is 0. The Morgan fingerprint density at radius 3 is 2.20 bits per heavy atom. The van der Waals surface area contributed by atoms with Gasteiger partial charge >= 0.3 is 0 Å². The molecule has 1 heterocycles. The van der Waals surface area contributed by atoms with Crippen LogP contribution in [-0.2, 0) is 0 Å². The van der Waals surface area contributed by atoms with Crippen LogP contribution in [0.25, 0.3) is 11.4 Å². The average Bonchev–Trinajstić information content (AvgIpc) is 2.68. The molecule has 1 N–H and O–H groups in total. The molecule has 4 heteroatoms. The van der Waals surface area contributed by atoms with Crippen LogP contribution in [-0.4, -0.2) is 23.1 Å². The lowest BCUT2D eigenvalue weighted by Gasteiger charge is -2.23. The van der Waals surface area contributed by atoms with Crippen molar-refractivity contribution in [3.8, 4) is 11.4 Å². The number of nitrogens with one attached hydrogen (secondary N) is 1. The van der Waals surface area contributed by atoms with Crippen molar-refractivity contribution in [3.05, 3.63) is 66.7 Å². The summed E-state index contributed by atoms with van der Waals surface area (Å²) in [5, 5.41) is 3.40. The first-order valence-corrected chi connectivity index (χ1v) is 8.82. The van der Waals surface area contributed by atoms with E-state index in [9.17, 15) is 0 Å². The fourth-order valence-electron chi connectivity index (χ4n) is 2.72. The van der Waals surface area contributed by atoms with Crippen molar-refractivity contribution in [1.29, 1.82) is 0 Å². The van der Waals surface area contributed by atoms with Crippen molar-refractivity contribution in [3.63, 3.8) is 0 Å². The van der Waals surface area contributed by atoms with E-state index in [2.05, 4.69) is 36.2 Å². The highest BCUT2D eigenvalue weighted by atomic mass is 15.2. The molecule has 0 aliphatic carbocycles. The quantitative estimate of drug-likeness (QED) is 0.652. The second-order valence-corrected chi connectivity index (χ2v) is 5.81. The molecule has 2 aromatic carbocycles. The number of aromatic nitrogens is 2. The highest BCUT2D eigenvalue weighted by Crippen LogP contribution is 2.27. The Hall–Kier alpha value is -2.88. The monoisotopic (exact) mass is 332 g/mol. The van der Waals surface area contributed by atoms with Gasteiger partial charge in [0.1, 0.15) is 11.6 Å². The minimum Gasteiger partial charge on any atom is -0.370 e. The zero-order valence-electron chi connectivity index (χ0n) is 14.8. The lowest BCUT2D eigenvalue weighted by atomic mass is 10.2. The third kappa shape index (κ3) is 4.15. The molecule has 0 fully saturated rings. The Bertz CT molecular complexity index is 788. The number of anilines is 3. The maximum atomic E-state index is 4.83. The SMILES string of the molecule is CCCNc1cc(N(CC)c2ccccc2)nc(-c2ccccc2)n1. The average molecular weight is 332 g/mol. The zero-order valence-corrected chi connectivity index (χ0v) is 14.8. The molecule has 0 aliphatic heterocycles. The van der Waals surface area contributed by atoms with Gasteiger partial charge in [0.2, 0.25) is 0 Å². The predicted molar refractivity (Wildman–Crippen MR) is 105 cm³/mol. The van der Waals surface area contributed by atoms with Gasteiger partial charge in [0.05, 0.1) is 0 Å². The summed E-state index contributed by atoms with van der Waals surface area (Å²) < 4.78 is 0. The third-order valence-electron chi connectivity index (χ3n) is 3.96. The van der Waals surface area contributed by atoms with Crippen LogP contribution in [0.15, 0.2) is 66.7 Å². The molecule has 25 heavy (non-hydrogen) atoms. The molecule has 0 aliphatic rings. The van der Waals surface area contributed by atoms with E-state index in [4.69, 9.17) is 9.97 Å². The molecule has 3 rings (SSSR count). The van der Waals surface area contributed by atoms with Gasteiger partial charge in [-0.25, -0.2) is 9.97 Å². The molecular formula is C21H24N4. The Morgan fingerprint density at radius 2 is 1.56 bits per heavy atom. The number of rotatable bonds is 7. The van der Waals surface area contributed by atoms with Gasteiger partial charge in [-0.2, -0.15) is 0 Å². The highest BCUT2D eigenvalue weighted by molar-refractivity contribution is 5.66. The minimum atomic E-state index is 0.742. The smallest absolute Gasteiger partial charge is 0.163 e. The molecule has 3 aromatic rings. The van der Waals surface area contributed by atoms with E-state index in [1.54, 1.807) is 0 Å². The maximum absolute atomic E-state index is 4.83. The van der Waals surface area contributed by atoms with Gasteiger partial charge in [-0.15, -0.1) is 0 Å². The van der Waals surface area contributed by atoms with Crippen LogP contribution in [0.4, 0.5) is 17.3 Å². The molecule has 0 radical (unpaired) electrons. The number of nitrogens with zero attached hydrogens (tertiary/aromatic N) is 3. The van der Waals surface area contributed by atoms with Crippen molar-refractivity contribution in [2.24, 2.45) is 0 Å². The zero-order chi connectivity index (χ0) is 17.5. The van der Waals surface area contributed by atoms with E-state index in [0.717, 1.165) is 48.2 Å². The number of benzene rings is 2. The predicted octanol–water partition coefficient (Wildman–Crippen LogP) is 5.12. The Morgan fingerprint density at radius 1 is 0.880 bits per heavy atom. The maximum Gasteiger partial charge on any atom is 0.163 e. The van der Waals surface area contributed by atoms with Gasteiger partial charge in [-0.3, -0.25) is 0 Å². The number of para-hydroxylation sites is 1. The van der Waals surface area contributed by atoms with Gasteiger partial charge < -0.3 is 10.2 Å². The minimum absolute atomic E-state index is 0.742. The van der Waals surface area contributed by atoms with Crippen LogP contribution >= 0.6 is 0 Å². The first kappa shape index (κ1) is 17.0. The summed E-state index contributed by atoms with van der Waals surface area (Å²) in [6.45, 7) is 6.01. The fourth-order valence-corrected chi connectivity index (χ4v) is 2.72. The fraction of sp³-hybridized carbons (Fsp3) is 0.238. The number of hydrogen-bond donors (Lipinski definition) is 1. The summed E-state index contributed by atoms with van der Waals surface area (Å²) in [6.07, 6.45) is 1.05. The van der Waals surface area contributed by atoms with Gasteiger partial charge in [-0.05, 0) is 25.5 Å². The molecule has 1 aromatic heterocycles. The van der Waals surface area contributed by atoms with Crippen LogP contribution in [0.1, 0.15) is 20.3 Å². The van der Waals surface area contributed by atoms with Crippen molar-refractivity contribution < 1.29 is 0 Å². The van der Waals surface area contributed by atoms with Crippen molar-refractivity contribution in [2.45, 2.75) is 20.3 Å². The molecule has 0 amide bonds. The van der Waals surface area contributed by atoms with E-state index in [1.807, 2.05) is 54.6 Å². The topological polar surface area (TPSA) is 41.0 Å². The Labute approximate surface area is 149 Å². The van der Waals surface area contributed by atoms with Crippen LogP contribution in [0.2, 0.25) is 0 Å². The molecular weight excluding hydrogens is 308 g/mol. The second kappa shape index (κ2) is 8.29. The van der Waals surface area contributed by atoms with Crippen LogP contribution in [0.3, 0.4) is 0 Å². The first-order valence-electron chi connectivity index (χ1n) is 8.82. The molecule has 0 spiro atoms. The van der Waals surface area contributed by atoms with Crippen molar-refractivity contribution in [1.82, 2.24) is 9.97 Å². The standard InChI is InChI=1S/C21H24N4/c1-3-15-22-19-16-20(25(4-2)18-13-9-6-10-14-18)24-21(23-19)17-11-7-5-8-12-17/h5-14,16H,3-4,15H2,1-2H3,(H,22,23,24). The van der Waals surface area contributed by atoms with Crippen molar-refractivity contribution >= 4 is 17.3 Å². The van der Waals surface area contributed by atoms with E-state index in [-0.39, 0.29) is 0 Å². The molecule has 0 saturated carbocycles. The molecule has 4 nitrogen and oxygen atoms in total. The van der Waals surface area contributed by atoms with Crippen LogP contribution in [0, 0.1) is 0 Å². The van der Waals surface area contributed by atoms with E-state index >= 15 is 0 Å². The van der Waals surface area contributed by atoms with Gasteiger partial charge in [-0.1, -0.05) is 55.5 Å². The highest BCUT2D eigenvalue weighted by Gasteiger charge is 2.13. The summed E-state index contributed by atoms with van der Waals surface area (Å²) in [5.41, 5.74) is 2.15. The second-order valence-electron chi connectivity index (χ2n) is 5.81. The third-order valence-corrected chi connectivity index (χ3v) is 3.96. The van der Waals surface area contributed by atoms with E-state index < -0.39 is 0 Å². The first-order chi connectivity index (χ1) is 12.3. The summed E-state index contributed by atoms with van der Waals surface area (Å²) in [4.78, 5) is 11.7. The van der Waals surface area contributed by atoms with Crippen LogP contribution in [0.5, 0.6) is 0 Å². The normalized spacial score (nSPS) is 10.5. The Kier molecular flexibility index (Phi) is 5.62. The molecule has 128 valence electrons. The largest absolute Gasteiger partial charge is 0.370 e. The van der Waals surface area contributed by atoms with Crippen molar-refractivity contribution in [2.75, 3.05) is 23.3 Å². The lowest BCUT2D eigenvalue weighted by molar-refractivity contribution is 0.952. The molecule has 0 atom stereocenters. The summed E-state index contributed by atoms with van der Waals surface area (Å²) in [5.74, 6) is 2.51. The van der Waals surface area contributed by atoms with Crippen LogP contribution < -0.4 is 10.2 Å². The summed E-state index contributed by atoms with van der Waals surface area (Å²) in [7, 11) is 0.